The summed E-state index contributed by atoms with van der Waals surface area (Å²) in [6.07, 6.45) is -4.49. The molecule has 6 nitrogen and oxygen atoms in total. The summed E-state index contributed by atoms with van der Waals surface area (Å²) in [6.45, 7) is 2.43. The molecule has 0 amide bonds. The summed E-state index contributed by atoms with van der Waals surface area (Å²) in [5.41, 5.74) is 0. The third-order valence-corrected chi connectivity index (χ3v) is 3.38. The smallest absolute Gasteiger partial charge is 0.114 e. The zero-order valence-corrected chi connectivity index (χ0v) is 10.6. The summed E-state index contributed by atoms with van der Waals surface area (Å²) in [4.78, 5) is 0. The molecule has 108 valence electrons. The highest BCUT2D eigenvalue weighted by Gasteiger charge is 2.48. The van der Waals surface area contributed by atoms with Crippen LogP contribution in [-0.4, -0.2) is 68.8 Å². The Kier molecular flexibility index (Phi) is 6.48. The molecule has 18 heavy (non-hydrogen) atoms. The van der Waals surface area contributed by atoms with E-state index in [1.807, 2.05) is 0 Å². The van der Waals surface area contributed by atoms with Gasteiger partial charge in [0.15, 0.2) is 0 Å². The van der Waals surface area contributed by atoms with Crippen molar-refractivity contribution >= 4 is 0 Å². The van der Waals surface area contributed by atoms with Crippen LogP contribution in [0.5, 0.6) is 0 Å². The second-order valence-corrected chi connectivity index (χ2v) is 4.85. The van der Waals surface area contributed by atoms with Gasteiger partial charge in [-0.1, -0.05) is 26.2 Å². The third kappa shape index (κ3) is 3.63. The molecule has 0 unspecified atom stereocenters. The Morgan fingerprint density at radius 3 is 1.72 bits per heavy atom. The minimum Gasteiger partial charge on any atom is -0.387 e. The summed E-state index contributed by atoms with van der Waals surface area (Å²) in [7, 11) is 0. The average Bonchev–Trinajstić information content (AvgIpc) is 2.37. The lowest BCUT2D eigenvalue weighted by molar-refractivity contribution is -0.235. The Morgan fingerprint density at radius 1 is 0.722 bits per heavy atom. The standard InChI is InChI=1S/C12H24O6/c1-2-3-4-5-6-18-12-10(16)8(14)7(13)9(15)11(12)17/h7-17H,2-6H2,1H3/t7-,8-,9+,10-,11-,12-/m0/s1. The summed E-state index contributed by atoms with van der Waals surface area (Å²) in [5, 5.41) is 47.7. The van der Waals surface area contributed by atoms with Crippen molar-refractivity contribution in [3.63, 3.8) is 0 Å². The van der Waals surface area contributed by atoms with Gasteiger partial charge < -0.3 is 30.3 Å². The van der Waals surface area contributed by atoms with E-state index >= 15 is 0 Å². The van der Waals surface area contributed by atoms with Gasteiger partial charge in [0.25, 0.3) is 0 Å². The first-order chi connectivity index (χ1) is 8.50. The highest BCUT2D eigenvalue weighted by atomic mass is 16.5. The van der Waals surface area contributed by atoms with Gasteiger partial charge in [-0.2, -0.15) is 0 Å². The van der Waals surface area contributed by atoms with Crippen molar-refractivity contribution in [1.29, 1.82) is 0 Å². The number of ether oxygens (including phenoxy) is 1. The molecule has 0 radical (unpaired) electrons. The van der Waals surface area contributed by atoms with Gasteiger partial charge in [0.1, 0.15) is 36.6 Å². The van der Waals surface area contributed by atoms with Crippen LogP contribution in [0.3, 0.4) is 0 Å². The van der Waals surface area contributed by atoms with Crippen molar-refractivity contribution in [1.82, 2.24) is 0 Å². The molecule has 0 heterocycles. The molecule has 1 saturated carbocycles. The Morgan fingerprint density at radius 2 is 1.22 bits per heavy atom. The molecule has 0 aromatic heterocycles. The predicted molar refractivity (Wildman–Crippen MR) is 63.9 cm³/mol. The average molecular weight is 264 g/mol. The van der Waals surface area contributed by atoms with E-state index in [1.54, 1.807) is 0 Å². The third-order valence-electron chi connectivity index (χ3n) is 3.38. The van der Waals surface area contributed by atoms with E-state index in [9.17, 15) is 25.5 Å². The highest BCUT2D eigenvalue weighted by molar-refractivity contribution is 4.99. The highest BCUT2D eigenvalue weighted by Crippen LogP contribution is 2.24. The van der Waals surface area contributed by atoms with E-state index in [-0.39, 0.29) is 0 Å². The minimum absolute atomic E-state index is 0.342. The fourth-order valence-electron chi connectivity index (χ4n) is 2.14. The minimum atomic E-state index is -1.56. The van der Waals surface area contributed by atoms with Gasteiger partial charge in [-0.3, -0.25) is 0 Å². The van der Waals surface area contributed by atoms with Crippen LogP contribution in [0.15, 0.2) is 0 Å². The maximum absolute atomic E-state index is 9.69. The summed E-state index contributed by atoms with van der Waals surface area (Å²) in [5.74, 6) is 0. The number of aliphatic hydroxyl groups excluding tert-OH is 5. The molecule has 6 atom stereocenters. The number of unbranched alkanes of at least 4 members (excludes halogenated alkanes) is 3. The Balaban J connectivity index is 2.42. The molecule has 0 bridgehead atoms. The van der Waals surface area contributed by atoms with Crippen molar-refractivity contribution in [3.8, 4) is 0 Å². The Hall–Kier alpha value is -0.240. The predicted octanol–water partition coefficient (Wildman–Crippen LogP) is -1.23. The first-order valence-corrected chi connectivity index (χ1v) is 6.52. The van der Waals surface area contributed by atoms with E-state index in [1.165, 1.54) is 0 Å². The van der Waals surface area contributed by atoms with Crippen LogP contribution in [0.2, 0.25) is 0 Å². The Labute approximate surface area is 107 Å². The summed E-state index contributed by atoms with van der Waals surface area (Å²) < 4.78 is 5.31. The van der Waals surface area contributed by atoms with Crippen LogP contribution in [0.1, 0.15) is 32.6 Å². The maximum atomic E-state index is 9.69. The molecule has 1 aliphatic carbocycles. The largest absolute Gasteiger partial charge is 0.387 e. The molecule has 1 aliphatic rings. The van der Waals surface area contributed by atoms with Gasteiger partial charge in [0.05, 0.1) is 0 Å². The lowest BCUT2D eigenvalue weighted by Crippen LogP contribution is -2.64. The fourth-order valence-corrected chi connectivity index (χ4v) is 2.14. The van der Waals surface area contributed by atoms with Crippen molar-refractivity contribution < 1.29 is 30.3 Å². The van der Waals surface area contributed by atoms with Gasteiger partial charge in [-0.25, -0.2) is 0 Å². The number of hydrogen-bond donors (Lipinski definition) is 5. The Bertz CT molecular complexity index is 221. The van der Waals surface area contributed by atoms with Gasteiger partial charge in [0.2, 0.25) is 0 Å². The second-order valence-electron chi connectivity index (χ2n) is 4.85. The van der Waals surface area contributed by atoms with E-state index in [0.717, 1.165) is 25.7 Å². The molecule has 0 spiro atoms. The van der Waals surface area contributed by atoms with Gasteiger partial charge >= 0.3 is 0 Å². The van der Waals surface area contributed by atoms with Crippen molar-refractivity contribution in [2.75, 3.05) is 6.61 Å². The van der Waals surface area contributed by atoms with E-state index < -0.39 is 36.6 Å². The van der Waals surface area contributed by atoms with Crippen LogP contribution in [0.4, 0.5) is 0 Å². The number of hydrogen-bond acceptors (Lipinski definition) is 6. The van der Waals surface area contributed by atoms with Gasteiger partial charge in [0, 0.05) is 6.61 Å². The fraction of sp³-hybridized carbons (Fsp3) is 1.00. The van der Waals surface area contributed by atoms with Gasteiger partial charge in [-0.05, 0) is 6.42 Å². The lowest BCUT2D eigenvalue weighted by atomic mass is 9.85. The number of rotatable bonds is 6. The SMILES string of the molecule is CCCCCCO[C@@H]1[C@@H](O)[C@H](O)[C@@H](O)[C@H](O)[C@@H]1O. The molecular formula is C12H24O6. The molecule has 0 saturated heterocycles. The van der Waals surface area contributed by atoms with E-state index in [0.29, 0.717) is 6.61 Å². The van der Waals surface area contributed by atoms with Crippen molar-refractivity contribution in [2.45, 2.75) is 69.2 Å². The van der Waals surface area contributed by atoms with Crippen LogP contribution < -0.4 is 0 Å². The van der Waals surface area contributed by atoms with Crippen molar-refractivity contribution in [2.24, 2.45) is 0 Å². The topological polar surface area (TPSA) is 110 Å². The maximum Gasteiger partial charge on any atom is 0.114 e. The van der Waals surface area contributed by atoms with E-state index in [2.05, 4.69) is 6.92 Å². The molecule has 6 heteroatoms. The monoisotopic (exact) mass is 264 g/mol. The van der Waals surface area contributed by atoms with Crippen LogP contribution in [-0.2, 0) is 4.74 Å². The molecule has 5 N–H and O–H groups in total. The second kappa shape index (κ2) is 7.37. The van der Waals surface area contributed by atoms with Crippen LogP contribution >= 0.6 is 0 Å². The lowest BCUT2D eigenvalue weighted by Gasteiger charge is -2.41. The van der Waals surface area contributed by atoms with Gasteiger partial charge in [-0.15, -0.1) is 0 Å². The zero-order valence-electron chi connectivity index (χ0n) is 10.6. The van der Waals surface area contributed by atoms with E-state index in [4.69, 9.17) is 4.74 Å². The zero-order chi connectivity index (χ0) is 13.7. The molecule has 0 aliphatic heterocycles. The quantitative estimate of drug-likeness (QED) is 0.384. The summed E-state index contributed by atoms with van der Waals surface area (Å²) in [6, 6.07) is 0. The molecule has 1 rings (SSSR count). The molecule has 0 aromatic rings. The summed E-state index contributed by atoms with van der Waals surface area (Å²) >= 11 is 0. The normalized spacial score (nSPS) is 41.0. The number of aliphatic hydroxyl groups is 5. The molecule has 1 fully saturated rings. The molecular weight excluding hydrogens is 240 g/mol. The van der Waals surface area contributed by atoms with Crippen molar-refractivity contribution in [3.05, 3.63) is 0 Å². The molecule has 0 aromatic carbocycles. The van der Waals surface area contributed by atoms with Crippen LogP contribution in [0, 0.1) is 0 Å². The first kappa shape index (κ1) is 15.8. The first-order valence-electron chi connectivity index (χ1n) is 6.52. The van der Waals surface area contributed by atoms with Crippen LogP contribution in [0.25, 0.3) is 0 Å².